The Kier molecular flexibility index (Phi) is 2.51. The van der Waals surface area contributed by atoms with Crippen LogP contribution in [0.1, 0.15) is 5.56 Å². The van der Waals surface area contributed by atoms with Gasteiger partial charge in [0.05, 0.1) is 0 Å². The van der Waals surface area contributed by atoms with Gasteiger partial charge in [-0.3, -0.25) is 0 Å². The van der Waals surface area contributed by atoms with Crippen LogP contribution in [0.25, 0.3) is 11.1 Å². The van der Waals surface area contributed by atoms with E-state index in [1.54, 1.807) is 12.1 Å². The summed E-state index contributed by atoms with van der Waals surface area (Å²) in [7, 11) is 0. The molecule has 2 rings (SSSR count). The van der Waals surface area contributed by atoms with Crippen LogP contribution in [-0.4, -0.2) is 0 Å². The van der Waals surface area contributed by atoms with Crippen molar-refractivity contribution in [3.8, 4) is 23.5 Å². The minimum Gasteiger partial charge on any atom is -0.206 e. The summed E-state index contributed by atoms with van der Waals surface area (Å²) in [5, 5.41) is 0. The Bertz CT molecular complexity index is 507. The van der Waals surface area contributed by atoms with Crippen molar-refractivity contribution in [2.45, 2.75) is 0 Å². The van der Waals surface area contributed by atoms with Gasteiger partial charge in [-0.05, 0) is 17.7 Å². The van der Waals surface area contributed by atoms with Crippen LogP contribution in [-0.2, 0) is 0 Å². The first-order valence-corrected chi connectivity index (χ1v) is 4.63. The Morgan fingerprint density at radius 1 is 1.00 bits per heavy atom. The Hall–Kier alpha value is -2.07. The zero-order chi connectivity index (χ0) is 10.7. The molecule has 15 heavy (non-hydrogen) atoms. The molecule has 0 radical (unpaired) electrons. The van der Waals surface area contributed by atoms with E-state index in [9.17, 15) is 4.39 Å². The van der Waals surface area contributed by atoms with Gasteiger partial charge in [0.25, 0.3) is 0 Å². The average molecular weight is 196 g/mol. The van der Waals surface area contributed by atoms with Crippen molar-refractivity contribution in [3.63, 3.8) is 0 Å². The summed E-state index contributed by atoms with van der Waals surface area (Å²) in [6.45, 7) is 0. The fraction of sp³-hybridized carbons (Fsp3) is 0. The highest BCUT2D eigenvalue weighted by molar-refractivity contribution is 5.64. The topological polar surface area (TPSA) is 0 Å². The van der Waals surface area contributed by atoms with Crippen molar-refractivity contribution >= 4 is 0 Å². The lowest BCUT2D eigenvalue weighted by atomic mass is 10.0. The summed E-state index contributed by atoms with van der Waals surface area (Å²) in [6.07, 6.45) is 5.19. The zero-order valence-corrected chi connectivity index (χ0v) is 8.07. The lowest BCUT2D eigenvalue weighted by Gasteiger charge is -2.03. The van der Waals surface area contributed by atoms with E-state index in [-0.39, 0.29) is 5.82 Å². The lowest BCUT2D eigenvalue weighted by Crippen LogP contribution is -1.85. The molecule has 72 valence electrons. The van der Waals surface area contributed by atoms with Gasteiger partial charge in [0, 0.05) is 11.1 Å². The minimum atomic E-state index is -0.281. The molecule has 1 heteroatoms. The van der Waals surface area contributed by atoms with Crippen molar-refractivity contribution in [1.82, 2.24) is 0 Å². The molecule has 0 aliphatic heterocycles. The summed E-state index contributed by atoms with van der Waals surface area (Å²) >= 11 is 0. The second-order valence-electron chi connectivity index (χ2n) is 3.20. The van der Waals surface area contributed by atoms with Crippen molar-refractivity contribution in [3.05, 3.63) is 59.9 Å². The smallest absolute Gasteiger partial charge is 0.132 e. The highest BCUT2D eigenvalue weighted by Crippen LogP contribution is 2.22. The van der Waals surface area contributed by atoms with Gasteiger partial charge in [0.15, 0.2) is 0 Å². The summed E-state index contributed by atoms with van der Waals surface area (Å²) in [6, 6.07) is 14.2. The molecule has 0 aliphatic rings. The molecule has 2 aromatic rings. The normalized spacial score (nSPS) is 9.60. The Balaban J connectivity index is 2.52. The van der Waals surface area contributed by atoms with Crippen LogP contribution in [0.4, 0.5) is 4.39 Å². The van der Waals surface area contributed by atoms with Crippen molar-refractivity contribution in [1.29, 1.82) is 0 Å². The summed E-state index contributed by atoms with van der Waals surface area (Å²) in [4.78, 5) is 0. The fourth-order valence-electron chi connectivity index (χ4n) is 1.46. The molecule has 0 bridgehead atoms. The van der Waals surface area contributed by atoms with E-state index in [2.05, 4.69) is 5.92 Å². The maximum atomic E-state index is 13.6. The van der Waals surface area contributed by atoms with Crippen molar-refractivity contribution in [2.24, 2.45) is 0 Å². The fourth-order valence-corrected chi connectivity index (χ4v) is 1.46. The number of halogens is 1. The van der Waals surface area contributed by atoms with E-state index >= 15 is 0 Å². The molecule has 0 saturated heterocycles. The number of terminal acetylenes is 1. The number of hydrogen-bond donors (Lipinski definition) is 0. The monoisotopic (exact) mass is 196 g/mol. The summed E-state index contributed by atoms with van der Waals surface area (Å²) < 4.78 is 13.6. The SMILES string of the molecule is C#Cc1ccc(-c2ccccc2)c(F)c1. The van der Waals surface area contributed by atoms with Crippen LogP contribution in [0.2, 0.25) is 0 Å². The molecule has 0 N–H and O–H groups in total. The van der Waals surface area contributed by atoms with Gasteiger partial charge in [-0.2, -0.15) is 0 Å². The van der Waals surface area contributed by atoms with E-state index in [4.69, 9.17) is 6.42 Å². The molecule has 0 unspecified atom stereocenters. The molecule has 2 aromatic carbocycles. The predicted octanol–water partition coefficient (Wildman–Crippen LogP) is 3.47. The molecule has 0 atom stereocenters. The van der Waals surface area contributed by atoms with E-state index in [1.807, 2.05) is 30.3 Å². The molecule has 0 heterocycles. The second kappa shape index (κ2) is 3.98. The number of hydrogen-bond acceptors (Lipinski definition) is 0. The second-order valence-corrected chi connectivity index (χ2v) is 3.20. The van der Waals surface area contributed by atoms with Gasteiger partial charge < -0.3 is 0 Å². The first-order valence-electron chi connectivity index (χ1n) is 4.63. The molecule has 0 aromatic heterocycles. The zero-order valence-electron chi connectivity index (χ0n) is 8.07. The first-order chi connectivity index (χ1) is 7.31. The highest BCUT2D eigenvalue weighted by Gasteiger charge is 2.04. The predicted molar refractivity (Wildman–Crippen MR) is 59.8 cm³/mol. The van der Waals surface area contributed by atoms with Crippen LogP contribution >= 0.6 is 0 Å². The van der Waals surface area contributed by atoms with Gasteiger partial charge in [0.2, 0.25) is 0 Å². The van der Waals surface area contributed by atoms with Crippen LogP contribution < -0.4 is 0 Å². The third-order valence-corrected chi connectivity index (χ3v) is 2.22. The third-order valence-electron chi connectivity index (χ3n) is 2.22. The third kappa shape index (κ3) is 1.89. The average Bonchev–Trinajstić information content (AvgIpc) is 2.30. The van der Waals surface area contributed by atoms with Gasteiger partial charge in [-0.1, -0.05) is 42.3 Å². The lowest BCUT2D eigenvalue weighted by molar-refractivity contribution is 0.631. The largest absolute Gasteiger partial charge is 0.206 e. The molecule has 0 spiro atoms. The van der Waals surface area contributed by atoms with E-state index < -0.39 is 0 Å². The van der Waals surface area contributed by atoms with E-state index in [0.717, 1.165) is 5.56 Å². The van der Waals surface area contributed by atoms with E-state index in [0.29, 0.717) is 11.1 Å². The molecular formula is C14H9F. The van der Waals surface area contributed by atoms with Gasteiger partial charge in [-0.25, -0.2) is 4.39 Å². The van der Waals surface area contributed by atoms with Gasteiger partial charge in [0.1, 0.15) is 5.82 Å². The minimum absolute atomic E-state index is 0.281. The van der Waals surface area contributed by atoms with Crippen molar-refractivity contribution < 1.29 is 4.39 Å². The maximum Gasteiger partial charge on any atom is 0.132 e. The molecule has 0 aliphatic carbocycles. The Morgan fingerprint density at radius 3 is 2.33 bits per heavy atom. The van der Waals surface area contributed by atoms with Gasteiger partial charge >= 0.3 is 0 Å². The van der Waals surface area contributed by atoms with Crippen LogP contribution in [0.15, 0.2) is 48.5 Å². The highest BCUT2D eigenvalue weighted by atomic mass is 19.1. The quantitative estimate of drug-likeness (QED) is 0.612. The Labute approximate surface area is 88.4 Å². The van der Waals surface area contributed by atoms with Crippen molar-refractivity contribution in [2.75, 3.05) is 0 Å². The molecule has 0 amide bonds. The standard InChI is InChI=1S/C14H9F/c1-2-11-8-9-13(14(15)10-11)12-6-4-3-5-7-12/h1,3-10H. The van der Waals surface area contributed by atoms with Crippen LogP contribution in [0.5, 0.6) is 0 Å². The maximum absolute atomic E-state index is 13.6. The van der Waals surface area contributed by atoms with E-state index in [1.165, 1.54) is 6.07 Å². The van der Waals surface area contributed by atoms with Gasteiger partial charge in [-0.15, -0.1) is 6.42 Å². The first kappa shape index (κ1) is 9.48. The van der Waals surface area contributed by atoms with Crippen LogP contribution in [0, 0.1) is 18.2 Å². The number of rotatable bonds is 1. The molecule has 0 nitrogen and oxygen atoms in total. The number of benzene rings is 2. The van der Waals surface area contributed by atoms with Crippen LogP contribution in [0.3, 0.4) is 0 Å². The summed E-state index contributed by atoms with van der Waals surface area (Å²) in [5.41, 5.74) is 2.00. The molecule has 0 fully saturated rings. The summed E-state index contributed by atoms with van der Waals surface area (Å²) in [5.74, 6) is 2.13. The molecule has 0 saturated carbocycles. The Morgan fingerprint density at radius 2 is 1.73 bits per heavy atom. The molecular weight excluding hydrogens is 187 g/mol.